The summed E-state index contributed by atoms with van der Waals surface area (Å²) in [6.45, 7) is 6.40. The number of nitro benzene ring substituents is 1. The molecule has 1 heterocycles. The predicted octanol–water partition coefficient (Wildman–Crippen LogP) is 4.89. The van der Waals surface area contributed by atoms with E-state index in [4.69, 9.17) is 0 Å². The van der Waals surface area contributed by atoms with Crippen LogP contribution >= 0.6 is 11.8 Å². The molecule has 0 saturated carbocycles. The van der Waals surface area contributed by atoms with Crippen molar-refractivity contribution in [2.24, 2.45) is 0 Å². The Labute approximate surface area is 155 Å². The molecule has 3 rings (SSSR count). The number of nitrogens with zero attached hydrogens (tertiary/aromatic N) is 4. The third-order valence-electron chi connectivity index (χ3n) is 3.89. The van der Waals surface area contributed by atoms with E-state index in [-0.39, 0.29) is 15.9 Å². The zero-order chi connectivity index (χ0) is 18.5. The molecule has 132 valence electrons. The number of nitro groups is 1. The molecule has 0 saturated heterocycles. The predicted molar refractivity (Wildman–Crippen MR) is 103 cm³/mol. The van der Waals surface area contributed by atoms with Crippen molar-refractivity contribution in [3.8, 4) is 11.4 Å². The quantitative estimate of drug-likeness (QED) is 0.257. The van der Waals surface area contributed by atoms with Crippen LogP contribution < -0.4 is 0 Å². The van der Waals surface area contributed by atoms with Crippen molar-refractivity contribution >= 4 is 17.4 Å². The molecule has 26 heavy (non-hydrogen) atoms. The molecule has 1 unspecified atom stereocenters. The maximum atomic E-state index is 11.0. The summed E-state index contributed by atoms with van der Waals surface area (Å²) in [5, 5.41) is 20.4. The SMILES string of the molecule is C=CCn1c(SC(C)c2cccc([N+](=O)[O-])c2)nnc1-c1ccccc1. The lowest BCUT2D eigenvalue weighted by atomic mass is 10.1. The summed E-state index contributed by atoms with van der Waals surface area (Å²) in [7, 11) is 0. The first kappa shape index (κ1) is 17.9. The van der Waals surface area contributed by atoms with Crippen LogP contribution in [0.1, 0.15) is 17.7 Å². The summed E-state index contributed by atoms with van der Waals surface area (Å²) < 4.78 is 2.00. The zero-order valence-corrected chi connectivity index (χ0v) is 15.1. The molecule has 2 aromatic carbocycles. The van der Waals surface area contributed by atoms with Gasteiger partial charge < -0.3 is 0 Å². The van der Waals surface area contributed by atoms with Crippen LogP contribution in [-0.4, -0.2) is 19.7 Å². The van der Waals surface area contributed by atoms with E-state index in [9.17, 15) is 10.1 Å². The van der Waals surface area contributed by atoms with Crippen molar-refractivity contribution in [3.05, 3.63) is 82.9 Å². The van der Waals surface area contributed by atoms with E-state index >= 15 is 0 Å². The Kier molecular flexibility index (Phi) is 5.48. The lowest BCUT2D eigenvalue weighted by Crippen LogP contribution is -2.01. The minimum atomic E-state index is -0.380. The van der Waals surface area contributed by atoms with Crippen LogP contribution in [0.25, 0.3) is 11.4 Å². The van der Waals surface area contributed by atoms with E-state index < -0.39 is 0 Å². The Balaban J connectivity index is 1.90. The van der Waals surface area contributed by atoms with Crippen molar-refractivity contribution in [3.63, 3.8) is 0 Å². The molecule has 0 N–H and O–H groups in total. The topological polar surface area (TPSA) is 73.8 Å². The molecule has 0 aliphatic heterocycles. The van der Waals surface area contributed by atoms with Crippen LogP contribution in [0.2, 0.25) is 0 Å². The smallest absolute Gasteiger partial charge is 0.269 e. The van der Waals surface area contributed by atoms with Gasteiger partial charge in [-0.25, -0.2) is 0 Å². The Bertz CT molecular complexity index is 924. The van der Waals surface area contributed by atoms with Crippen molar-refractivity contribution in [2.75, 3.05) is 0 Å². The number of thioether (sulfide) groups is 1. The first-order chi connectivity index (χ1) is 12.6. The van der Waals surface area contributed by atoms with Gasteiger partial charge in [0.05, 0.1) is 4.92 Å². The van der Waals surface area contributed by atoms with E-state index in [0.29, 0.717) is 6.54 Å². The van der Waals surface area contributed by atoms with Gasteiger partial charge >= 0.3 is 0 Å². The minimum absolute atomic E-state index is 0.00807. The van der Waals surface area contributed by atoms with Gasteiger partial charge in [0.2, 0.25) is 0 Å². The fraction of sp³-hybridized carbons (Fsp3) is 0.158. The van der Waals surface area contributed by atoms with Gasteiger partial charge in [-0.1, -0.05) is 60.3 Å². The van der Waals surface area contributed by atoms with Crippen molar-refractivity contribution in [1.29, 1.82) is 0 Å². The van der Waals surface area contributed by atoms with E-state index in [1.54, 1.807) is 18.2 Å². The summed E-state index contributed by atoms with van der Waals surface area (Å²) in [6.07, 6.45) is 1.80. The number of rotatable bonds is 7. The van der Waals surface area contributed by atoms with E-state index in [2.05, 4.69) is 16.8 Å². The summed E-state index contributed by atoms with van der Waals surface area (Å²) in [5.41, 5.74) is 1.95. The van der Waals surface area contributed by atoms with Crippen LogP contribution in [0.3, 0.4) is 0 Å². The van der Waals surface area contributed by atoms with Gasteiger partial charge in [0.25, 0.3) is 5.69 Å². The molecule has 0 radical (unpaired) electrons. The Morgan fingerprint density at radius 2 is 2.00 bits per heavy atom. The molecule has 0 spiro atoms. The summed E-state index contributed by atoms with van der Waals surface area (Å²) in [4.78, 5) is 10.6. The highest BCUT2D eigenvalue weighted by Crippen LogP contribution is 2.36. The van der Waals surface area contributed by atoms with Crippen LogP contribution in [0.5, 0.6) is 0 Å². The summed E-state index contributed by atoms with van der Waals surface area (Å²) >= 11 is 1.52. The van der Waals surface area contributed by atoms with E-state index in [1.807, 2.05) is 47.9 Å². The lowest BCUT2D eigenvalue weighted by Gasteiger charge is -2.12. The van der Waals surface area contributed by atoms with Crippen LogP contribution in [0, 0.1) is 10.1 Å². The molecule has 1 atom stereocenters. The molecule has 0 aliphatic rings. The van der Waals surface area contributed by atoms with Crippen molar-refractivity contribution in [1.82, 2.24) is 14.8 Å². The molecular weight excluding hydrogens is 348 g/mol. The number of allylic oxidation sites excluding steroid dienone is 1. The zero-order valence-electron chi connectivity index (χ0n) is 14.3. The standard InChI is InChI=1S/C19H18N4O2S/c1-3-12-22-18(15-8-5-4-6-9-15)20-21-19(22)26-14(2)16-10-7-11-17(13-16)23(24)25/h3-11,13-14H,1,12H2,2H3. The highest BCUT2D eigenvalue weighted by Gasteiger charge is 2.18. The van der Waals surface area contributed by atoms with Gasteiger partial charge in [0.15, 0.2) is 11.0 Å². The lowest BCUT2D eigenvalue weighted by molar-refractivity contribution is -0.384. The second kappa shape index (κ2) is 7.97. The third kappa shape index (κ3) is 3.83. The monoisotopic (exact) mass is 366 g/mol. The van der Waals surface area contributed by atoms with E-state index in [0.717, 1.165) is 22.1 Å². The van der Waals surface area contributed by atoms with Gasteiger partial charge in [0.1, 0.15) is 0 Å². The Morgan fingerprint density at radius 1 is 1.23 bits per heavy atom. The molecule has 3 aromatic rings. The van der Waals surface area contributed by atoms with Crippen molar-refractivity contribution < 1.29 is 4.92 Å². The number of benzene rings is 2. The van der Waals surface area contributed by atoms with Gasteiger partial charge in [-0.15, -0.1) is 16.8 Å². The number of hydrogen-bond donors (Lipinski definition) is 0. The highest BCUT2D eigenvalue weighted by molar-refractivity contribution is 7.99. The Hall–Kier alpha value is -2.93. The molecule has 7 heteroatoms. The maximum Gasteiger partial charge on any atom is 0.269 e. The maximum absolute atomic E-state index is 11.0. The second-order valence-corrected chi connectivity index (χ2v) is 6.99. The van der Waals surface area contributed by atoms with Gasteiger partial charge in [0, 0.05) is 29.5 Å². The molecule has 1 aromatic heterocycles. The fourth-order valence-electron chi connectivity index (χ4n) is 2.59. The van der Waals surface area contributed by atoms with Crippen molar-refractivity contribution in [2.45, 2.75) is 23.9 Å². The second-order valence-electron chi connectivity index (χ2n) is 5.68. The summed E-state index contributed by atoms with van der Waals surface area (Å²) in [5.74, 6) is 0.777. The minimum Gasteiger partial charge on any atom is -0.298 e. The number of hydrogen-bond acceptors (Lipinski definition) is 5. The Morgan fingerprint density at radius 3 is 2.69 bits per heavy atom. The molecule has 6 nitrogen and oxygen atoms in total. The highest BCUT2D eigenvalue weighted by atomic mass is 32.2. The number of aromatic nitrogens is 3. The first-order valence-corrected chi connectivity index (χ1v) is 8.98. The molecule has 0 aliphatic carbocycles. The largest absolute Gasteiger partial charge is 0.298 e. The van der Waals surface area contributed by atoms with Crippen LogP contribution in [-0.2, 0) is 6.54 Å². The average Bonchev–Trinajstić information content (AvgIpc) is 3.05. The van der Waals surface area contributed by atoms with Crippen LogP contribution in [0.15, 0.2) is 72.4 Å². The molecular formula is C19H18N4O2S. The molecule has 0 bridgehead atoms. The molecule has 0 fully saturated rings. The number of non-ortho nitro benzene ring substituents is 1. The van der Waals surface area contributed by atoms with Crippen LogP contribution in [0.4, 0.5) is 5.69 Å². The molecule has 0 amide bonds. The van der Waals surface area contributed by atoms with Gasteiger partial charge in [-0.05, 0) is 12.5 Å². The van der Waals surface area contributed by atoms with Gasteiger partial charge in [-0.3, -0.25) is 14.7 Å². The third-order valence-corrected chi connectivity index (χ3v) is 5.03. The average molecular weight is 366 g/mol. The summed E-state index contributed by atoms with van der Waals surface area (Å²) in [6, 6.07) is 16.5. The van der Waals surface area contributed by atoms with E-state index in [1.165, 1.54) is 17.8 Å². The normalized spacial score (nSPS) is 11.9. The first-order valence-electron chi connectivity index (χ1n) is 8.10. The fourth-order valence-corrected chi connectivity index (χ4v) is 3.56. The van der Waals surface area contributed by atoms with Gasteiger partial charge in [-0.2, -0.15) is 0 Å².